The van der Waals surface area contributed by atoms with Crippen molar-refractivity contribution in [3.8, 4) is 11.8 Å². The molecule has 1 aromatic heterocycles. The molecule has 0 unspecified atom stereocenters. The zero-order valence-electron chi connectivity index (χ0n) is 11.1. The van der Waals surface area contributed by atoms with Crippen molar-refractivity contribution >= 4 is 11.7 Å². The minimum absolute atomic E-state index is 0.000233. The minimum atomic E-state index is -0.248. The molecule has 102 valence electrons. The van der Waals surface area contributed by atoms with Crippen molar-refractivity contribution in [2.75, 3.05) is 18.5 Å². The summed E-state index contributed by atoms with van der Waals surface area (Å²) < 4.78 is 5.19. The van der Waals surface area contributed by atoms with Crippen LogP contribution in [-0.2, 0) is 9.53 Å². The smallest absolute Gasteiger partial charge is 0.251 e. The van der Waals surface area contributed by atoms with E-state index in [9.17, 15) is 4.79 Å². The molecule has 1 amide bonds. The van der Waals surface area contributed by atoms with Gasteiger partial charge in [-0.05, 0) is 31.9 Å². The molecule has 0 atom stereocenters. The number of aromatic nitrogens is 1. The van der Waals surface area contributed by atoms with Gasteiger partial charge < -0.3 is 15.2 Å². The highest BCUT2D eigenvalue weighted by atomic mass is 16.5. The van der Waals surface area contributed by atoms with Gasteiger partial charge in [0.15, 0.2) is 0 Å². The maximum absolute atomic E-state index is 11.5. The van der Waals surface area contributed by atoms with Crippen LogP contribution in [0.2, 0.25) is 0 Å². The van der Waals surface area contributed by atoms with Gasteiger partial charge in [-0.15, -0.1) is 0 Å². The molecule has 0 bridgehead atoms. The third kappa shape index (κ3) is 6.55. The number of aliphatic hydroxyl groups excluding tert-OH is 1. The topological polar surface area (TPSA) is 71.5 Å². The van der Waals surface area contributed by atoms with Gasteiger partial charge in [-0.3, -0.25) is 4.79 Å². The maximum Gasteiger partial charge on any atom is 0.251 e. The number of aliphatic hydroxyl groups is 1. The van der Waals surface area contributed by atoms with Crippen LogP contribution in [-0.4, -0.2) is 35.3 Å². The normalized spacial score (nSPS) is 9.89. The number of hydrogen-bond acceptors (Lipinski definition) is 4. The van der Waals surface area contributed by atoms with Crippen LogP contribution >= 0.6 is 0 Å². The second-order valence-electron chi connectivity index (χ2n) is 4.09. The van der Waals surface area contributed by atoms with Crippen molar-refractivity contribution in [2.24, 2.45) is 0 Å². The Morgan fingerprint density at radius 1 is 1.53 bits per heavy atom. The molecule has 1 aromatic rings. The number of nitrogens with one attached hydrogen (secondary N) is 1. The Balaban J connectivity index is 2.57. The van der Waals surface area contributed by atoms with E-state index in [1.165, 1.54) is 0 Å². The summed E-state index contributed by atoms with van der Waals surface area (Å²) in [5.74, 6) is 5.77. The Bertz CT molecular complexity index is 475. The fraction of sp³-hybridized carbons (Fsp3) is 0.429. The molecule has 0 fully saturated rings. The molecule has 0 aliphatic rings. The van der Waals surface area contributed by atoms with Crippen LogP contribution in [0.4, 0.5) is 5.82 Å². The van der Waals surface area contributed by atoms with E-state index in [0.29, 0.717) is 17.9 Å². The summed E-state index contributed by atoms with van der Waals surface area (Å²) in [7, 11) is 0. The molecule has 0 radical (unpaired) electrons. The van der Waals surface area contributed by atoms with Gasteiger partial charge in [0.25, 0.3) is 5.91 Å². The monoisotopic (exact) mass is 262 g/mol. The molecule has 0 spiro atoms. The van der Waals surface area contributed by atoms with Crippen molar-refractivity contribution in [3.05, 3.63) is 23.9 Å². The highest BCUT2D eigenvalue weighted by Crippen LogP contribution is 2.04. The Labute approximate surface area is 113 Å². The van der Waals surface area contributed by atoms with Gasteiger partial charge in [0.05, 0.1) is 12.7 Å². The van der Waals surface area contributed by atoms with E-state index in [1.807, 2.05) is 13.8 Å². The van der Waals surface area contributed by atoms with Crippen molar-refractivity contribution in [1.29, 1.82) is 0 Å². The van der Waals surface area contributed by atoms with E-state index in [0.717, 1.165) is 0 Å². The molecule has 0 aromatic carbocycles. The summed E-state index contributed by atoms with van der Waals surface area (Å²) in [5, 5.41) is 11.3. The predicted molar refractivity (Wildman–Crippen MR) is 72.5 cm³/mol. The first-order valence-electron chi connectivity index (χ1n) is 6.10. The number of pyridine rings is 1. The second-order valence-corrected chi connectivity index (χ2v) is 4.09. The van der Waals surface area contributed by atoms with Gasteiger partial charge in [-0.25, -0.2) is 4.98 Å². The lowest BCUT2D eigenvalue weighted by molar-refractivity contribution is -0.121. The largest absolute Gasteiger partial charge is 0.395 e. The molecule has 1 heterocycles. The fourth-order valence-corrected chi connectivity index (χ4v) is 1.20. The molecule has 0 aliphatic heterocycles. The highest BCUT2D eigenvalue weighted by Gasteiger charge is 2.04. The molecule has 1 rings (SSSR count). The Morgan fingerprint density at radius 2 is 2.32 bits per heavy atom. The zero-order chi connectivity index (χ0) is 14.1. The summed E-state index contributed by atoms with van der Waals surface area (Å²) in [5.41, 5.74) is 0.552. The number of ether oxygens (including phenoxy) is 1. The Kier molecular flexibility index (Phi) is 6.58. The number of amides is 1. The summed E-state index contributed by atoms with van der Waals surface area (Å²) in [6.07, 6.45) is 0.412. The van der Waals surface area contributed by atoms with E-state index in [-0.39, 0.29) is 25.2 Å². The molecule has 19 heavy (non-hydrogen) atoms. The fourth-order valence-electron chi connectivity index (χ4n) is 1.20. The first-order valence-corrected chi connectivity index (χ1v) is 6.10. The van der Waals surface area contributed by atoms with Gasteiger partial charge in [-0.1, -0.05) is 12.0 Å². The van der Waals surface area contributed by atoms with Gasteiger partial charge >= 0.3 is 0 Å². The van der Waals surface area contributed by atoms with Crippen LogP contribution in [0.25, 0.3) is 0 Å². The quantitative estimate of drug-likeness (QED) is 0.782. The standard InChI is InChI=1S/C14H18N2O3/c1-11(2)19-10-14(18)16-13-8-5-7-12(15-13)6-3-4-9-17/h5,7-8,11,17H,4,9-10H2,1-2H3,(H,15,16,18). The van der Waals surface area contributed by atoms with Gasteiger partial charge in [-0.2, -0.15) is 0 Å². The SMILES string of the molecule is CC(C)OCC(=O)Nc1cccc(C#CCCO)n1. The lowest BCUT2D eigenvalue weighted by Crippen LogP contribution is -2.21. The third-order valence-corrected chi connectivity index (χ3v) is 2.02. The number of nitrogens with zero attached hydrogens (tertiary/aromatic N) is 1. The number of anilines is 1. The van der Waals surface area contributed by atoms with Gasteiger partial charge in [0.1, 0.15) is 18.1 Å². The molecule has 0 saturated heterocycles. The lowest BCUT2D eigenvalue weighted by atomic mass is 10.3. The predicted octanol–water partition coefficient (Wildman–Crippen LogP) is 1.18. The van der Waals surface area contributed by atoms with Crippen molar-refractivity contribution in [2.45, 2.75) is 26.4 Å². The minimum Gasteiger partial charge on any atom is -0.395 e. The Hall–Kier alpha value is -1.90. The van der Waals surface area contributed by atoms with Crippen LogP contribution in [0, 0.1) is 11.8 Å². The van der Waals surface area contributed by atoms with E-state index in [1.54, 1.807) is 18.2 Å². The lowest BCUT2D eigenvalue weighted by Gasteiger charge is -2.07. The van der Waals surface area contributed by atoms with Crippen molar-refractivity contribution in [3.63, 3.8) is 0 Å². The van der Waals surface area contributed by atoms with Crippen LogP contribution in [0.1, 0.15) is 26.0 Å². The highest BCUT2D eigenvalue weighted by molar-refractivity contribution is 5.90. The van der Waals surface area contributed by atoms with Crippen LogP contribution < -0.4 is 5.32 Å². The van der Waals surface area contributed by atoms with E-state index in [4.69, 9.17) is 9.84 Å². The summed E-state index contributed by atoms with van der Waals surface area (Å²) >= 11 is 0. The van der Waals surface area contributed by atoms with E-state index in [2.05, 4.69) is 22.1 Å². The first-order chi connectivity index (χ1) is 9.11. The van der Waals surface area contributed by atoms with Gasteiger partial charge in [0, 0.05) is 6.42 Å². The summed E-state index contributed by atoms with van der Waals surface area (Å²) in [4.78, 5) is 15.7. The second kappa shape index (κ2) is 8.25. The van der Waals surface area contributed by atoms with Crippen LogP contribution in [0.3, 0.4) is 0 Å². The average Bonchev–Trinajstić information content (AvgIpc) is 2.37. The van der Waals surface area contributed by atoms with Gasteiger partial charge in [0.2, 0.25) is 0 Å². The summed E-state index contributed by atoms with van der Waals surface area (Å²) in [6.45, 7) is 3.75. The molecule has 0 saturated carbocycles. The number of rotatable bonds is 5. The zero-order valence-corrected chi connectivity index (χ0v) is 11.1. The number of carbonyl (C=O) groups is 1. The maximum atomic E-state index is 11.5. The molecule has 5 nitrogen and oxygen atoms in total. The first kappa shape index (κ1) is 15.2. The number of hydrogen-bond donors (Lipinski definition) is 2. The molecular formula is C14H18N2O3. The van der Waals surface area contributed by atoms with E-state index >= 15 is 0 Å². The molecule has 2 N–H and O–H groups in total. The third-order valence-electron chi connectivity index (χ3n) is 2.02. The van der Waals surface area contributed by atoms with Crippen molar-refractivity contribution < 1.29 is 14.6 Å². The van der Waals surface area contributed by atoms with E-state index < -0.39 is 0 Å². The summed E-state index contributed by atoms with van der Waals surface area (Å²) in [6, 6.07) is 5.18. The van der Waals surface area contributed by atoms with Crippen LogP contribution in [0.15, 0.2) is 18.2 Å². The molecule has 5 heteroatoms. The van der Waals surface area contributed by atoms with Crippen LogP contribution in [0.5, 0.6) is 0 Å². The molecule has 0 aliphatic carbocycles. The number of carbonyl (C=O) groups excluding carboxylic acids is 1. The average molecular weight is 262 g/mol. The molecular weight excluding hydrogens is 244 g/mol. The van der Waals surface area contributed by atoms with Crippen molar-refractivity contribution in [1.82, 2.24) is 4.98 Å². The Morgan fingerprint density at radius 3 is 3.00 bits per heavy atom.